The predicted molar refractivity (Wildman–Crippen MR) is 139 cm³/mol. The molecule has 2 N–H and O–H groups in total. The molecule has 0 spiro atoms. The lowest BCUT2D eigenvalue weighted by molar-refractivity contribution is -0.146. The summed E-state index contributed by atoms with van der Waals surface area (Å²) in [7, 11) is 0. The van der Waals surface area contributed by atoms with Crippen LogP contribution < -0.4 is 0 Å². The fourth-order valence-electron chi connectivity index (χ4n) is 4.73. The maximum atomic E-state index is 11.6. The van der Waals surface area contributed by atoms with Gasteiger partial charge in [-0.25, -0.2) is 0 Å². The van der Waals surface area contributed by atoms with Crippen LogP contribution >= 0.6 is 0 Å². The van der Waals surface area contributed by atoms with Crippen molar-refractivity contribution in [1.82, 2.24) is 0 Å². The van der Waals surface area contributed by atoms with Crippen LogP contribution in [0.2, 0.25) is 0 Å². The highest BCUT2D eigenvalue weighted by molar-refractivity contribution is 5.70. The molecule has 0 saturated heterocycles. The Morgan fingerprint density at radius 3 is 1.09 bits per heavy atom. The molecular formula is C29H58O3. The monoisotopic (exact) mass is 454 g/mol. The zero-order valence-electron chi connectivity index (χ0n) is 21.9. The van der Waals surface area contributed by atoms with Crippen molar-refractivity contribution < 1.29 is 15.0 Å². The molecule has 0 bridgehead atoms. The van der Waals surface area contributed by atoms with Crippen LogP contribution in [0.1, 0.15) is 168 Å². The predicted octanol–water partition coefficient (Wildman–Crippen LogP) is 9.45. The van der Waals surface area contributed by atoms with Crippen LogP contribution in [0.4, 0.5) is 0 Å². The Morgan fingerprint density at radius 1 is 0.500 bits per heavy atom. The Kier molecular flexibility index (Phi) is 24.6. The summed E-state index contributed by atoms with van der Waals surface area (Å²) in [6.45, 7) is 4.51. The number of unbranched alkanes of at least 4 members (excludes halogenated alkanes) is 20. The summed E-state index contributed by atoms with van der Waals surface area (Å²) in [6, 6.07) is 0. The van der Waals surface area contributed by atoms with Crippen molar-refractivity contribution in [3.05, 3.63) is 0 Å². The molecule has 2 atom stereocenters. The summed E-state index contributed by atoms with van der Waals surface area (Å²) in [5, 5.41) is 19.9. The Morgan fingerprint density at radius 2 is 0.781 bits per heavy atom. The van der Waals surface area contributed by atoms with E-state index in [1.165, 1.54) is 116 Å². The second-order valence-electron chi connectivity index (χ2n) is 10.2. The number of carbonyl (C=O) groups is 1. The molecule has 0 saturated carbocycles. The van der Waals surface area contributed by atoms with Gasteiger partial charge in [-0.2, -0.15) is 0 Å². The molecule has 3 heteroatoms. The third-order valence-corrected chi connectivity index (χ3v) is 7.00. The zero-order valence-corrected chi connectivity index (χ0v) is 21.9. The van der Waals surface area contributed by atoms with Crippen LogP contribution in [-0.4, -0.2) is 22.3 Å². The minimum Gasteiger partial charge on any atom is -0.481 e. The van der Waals surface area contributed by atoms with Crippen LogP contribution in [0, 0.1) is 5.92 Å². The Labute approximate surface area is 201 Å². The van der Waals surface area contributed by atoms with Crippen molar-refractivity contribution in [2.45, 2.75) is 174 Å². The highest BCUT2D eigenvalue weighted by atomic mass is 16.4. The number of hydrogen-bond acceptors (Lipinski definition) is 2. The zero-order chi connectivity index (χ0) is 23.7. The average Bonchev–Trinajstić information content (AvgIpc) is 2.77. The number of carboxylic acid groups (broad SMARTS) is 1. The molecule has 0 amide bonds. The third kappa shape index (κ3) is 21.3. The van der Waals surface area contributed by atoms with E-state index in [-0.39, 0.29) is 0 Å². The van der Waals surface area contributed by atoms with E-state index in [1.54, 1.807) is 0 Å². The number of rotatable bonds is 26. The van der Waals surface area contributed by atoms with E-state index in [0.717, 1.165) is 25.7 Å². The summed E-state index contributed by atoms with van der Waals surface area (Å²) in [5.41, 5.74) is 0. The fourth-order valence-corrected chi connectivity index (χ4v) is 4.73. The van der Waals surface area contributed by atoms with Crippen molar-refractivity contribution in [3.8, 4) is 0 Å². The van der Waals surface area contributed by atoms with Crippen molar-refractivity contribution in [2.24, 2.45) is 5.92 Å². The minimum atomic E-state index is -0.812. The largest absolute Gasteiger partial charge is 0.481 e. The number of aliphatic hydroxyl groups is 1. The Hall–Kier alpha value is -0.570. The lowest BCUT2D eigenvalue weighted by atomic mass is 9.91. The van der Waals surface area contributed by atoms with Crippen LogP contribution in [0.3, 0.4) is 0 Å². The van der Waals surface area contributed by atoms with E-state index in [1.807, 2.05) is 0 Å². The molecule has 0 fully saturated rings. The van der Waals surface area contributed by atoms with Crippen molar-refractivity contribution >= 4 is 5.97 Å². The number of carboxylic acids is 1. The summed E-state index contributed by atoms with van der Waals surface area (Å²) in [5.74, 6) is -1.38. The van der Waals surface area contributed by atoms with Gasteiger partial charge in [-0.05, 0) is 12.8 Å². The van der Waals surface area contributed by atoms with Gasteiger partial charge in [0, 0.05) is 0 Å². The van der Waals surface area contributed by atoms with Crippen LogP contribution in [0.25, 0.3) is 0 Å². The molecule has 0 aromatic carbocycles. The smallest absolute Gasteiger partial charge is 0.309 e. The summed E-state index contributed by atoms with van der Waals surface area (Å²) >= 11 is 0. The molecule has 0 heterocycles. The van der Waals surface area contributed by atoms with E-state index in [2.05, 4.69) is 13.8 Å². The van der Waals surface area contributed by atoms with E-state index in [0.29, 0.717) is 12.8 Å². The number of aliphatic carboxylic acids is 1. The molecule has 192 valence electrons. The first-order valence-electron chi connectivity index (χ1n) is 14.5. The van der Waals surface area contributed by atoms with E-state index < -0.39 is 18.0 Å². The van der Waals surface area contributed by atoms with Gasteiger partial charge in [0.2, 0.25) is 0 Å². The number of hydrogen-bond donors (Lipinski definition) is 2. The average molecular weight is 455 g/mol. The van der Waals surface area contributed by atoms with Crippen LogP contribution in [0.5, 0.6) is 0 Å². The molecule has 0 aliphatic heterocycles. The maximum absolute atomic E-state index is 11.6. The summed E-state index contributed by atoms with van der Waals surface area (Å²) < 4.78 is 0. The molecule has 0 rings (SSSR count). The highest BCUT2D eigenvalue weighted by Crippen LogP contribution is 2.21. The van der Waals surface area contributed by atoms with Crippen molar-refractivity contribution in [3.63, 3.8) is 0 Å². The summed E-state index contributed by atoms with van der Waals surface area (Å²) in [4.78, 5) is 11.6. The fraction of sp³-hybridized carbons (Fsp3) is 0.966. The maximum Gasteiger partial charge on any atom is 0.309 e. The first-order chi connectivity index (χ1) is 15.6. The van der Waals surface area contributed by atoms with Gasteiger partial charge < -0.3 is 10.2 Å². The van der Waals surface area contributed by atoms with Gasteiger partial charge >= 0.3 is 5.97 Å². The topological polar surface area (TPSA) is 57.5 Å². The van der Waals surface area contributed by atoms with Gasteiger partial charge in [-0.15, -0.1) is 0 Å². The van der Waals surface area contributed by atoms with Gasteiger partial charge in [0.1, 0.15) is 0 Å². The summed E-state index contributed by atoms with van der Waals surface area (Å²) in [6.07, 6.45) is 28.7. The minimum absolute atomic E-state index is 0.573. The molecule has 0 radical (unpaired) electrons. The number of aliphatic hydroxyl groups excluding tert-OH is 1. The molecular weight excluding hydrogens is 396 g/mol. The molecule has 0 unspecified atom stereocenters. The van der Waals surface area contributed by atoms with Gasteiger partial charge in [0.25, 0.3) is 0 Å². The third-order valence-electron chi connectivity index (χ3n) is 7.00. The Bertz CT molecular complexity index is 383. The molecule has 3 nitrogen and oxygen atoms in total. The molecule has 32 heavy (non-hydrogen) atoms. The lowest BCUT2D eigenvalue weighted by Crippen LogP contribution is -2.28. The van der Waals surface area contributed by atoms with Crippen LogP contribution in [-0.2, 0) is 4.79 Å². The SMILES string of the molecule is CCCCCCCCCCCCC[C@@H](O)[C@H](CCCCCCCCCCCCC)C(=O)O. The second kappa shape index (κ2) is 25.1. The molecule has 0 aromatic rings. The highest BCUT2D eigenvalue weighted by Gasteiger charge is 2.25. The van der Waals surface area contributed by atoms with Crippen molar-refractivity contribution in [1.29, 1.82) is 0 Å². The van der Waals surface area contributed by atoms with E-state index in [4.69, 9.17) is 0 Å². The van der Waals surface area contributed by atoms with Crippen molar-refractivity contribution in [2.75, 3.05) is 0 Å². The normalized spacial score (nSPS) is 13.3. The van der Waals surface area contributed by atoms with Gasteiger partial charge in [0.05, 0.1) is 12.0 Å². The van der Waals surface area contributed by atoms with Gasteiger partial charge in [0.15, 0.2) is 0 Å². The van der Waals surface area contributed by atoms with E-state index in [9.17, 15) is 15.0 Å². The lowest BCUT2D eigenvalue weighted by Gasteiger charge is -2.19. The molecule has 0 aliphatic rings. The first kappa shape index (κ1) is 31.4. The standard InChI is InChI=1S/C29H58O3/c1-3-5-7-9-11-13-15-17-19-21-23-25-27(29(31)32)28(30)26-24-22-20-18-16-14-12-10-8-6-4-2/h27-28,30H,3-26H2,1-2H3,(H,31,32)/t27-,28+/m0/s1. The Balaban J connectivity index is 3.60. The van der Waals surface area contributed by atoms with E-state index >= 15 is 0 Å². The first-order valence-corrected chi connectivity index (χ1v) is 14.5. The van der Waals surface area contributed by atoms with Gasteiger partial charge in [-0.3, -0.25) is 4.79 Å². The van der Waals surface area contributed by atoms with Crippen LogP contribution in [0.15, 0.2) is 0 Å². The molecule has 0 aromatic heterocycles. The van der Waals surface area contributed by atoms with Gasteiger partial charge in [-0.1, -0.05) is 155 Å². The quantitative estimate of drug-likeness (QED) is 0.128. The second-order valence-corrected chi connectivity index (χ2v) is 10.2. The molecule has 0 aliphatic carbocycles.